The van der Waals surface area contributed by atoms with Crippen molar-refractivity contribution in [3.63, 3.8) is 0 Å². The van der Waals surface area contributed by atoms with Gasteiger partial charge in [-0.2, -0.15) is 0 Å². The van der Waals surface area contributed by atoms with E-state index in [4.69, 9.17) is 10.5 Å². The van der Waals surface area contributed by atoms with Gasteiger partial charge in [0.25, 0.3) is 0 Å². The molecule has 0 saturated heterocycles. The van der Waals surface area contributed by atoms with Crippen molar-refractivity contribution in [3.8, 4) is 0 Å². The molecular weight excluding hydrogens is 228 g/mol. The van der Waals surface area contributed by atoms with Crippen molar-refractivity contribution in [2.24, 2.45) is 5.73 Å². The second kappa shape index (κ2) is 12.8. The van der Waals surface area contributed by atoms with E-state index in [9.17, 15) is 4.79 Å². The highest BCUT2D eigenvalue weighted by Gasteiger charge is 2.18. The van der Waals surface area contributed by atoms with Crippen LogP contribution in [-0.2, 0) is 9.53 Å². The number of hydrogen-bond acceptors (Lipinski definition) is 4. The van der Waals surface area contributed by atoms with Crippen LogP contribution in [0.5, 0.6) is 0 Å². The quantitative estimate of drug-likeness (QED) is 0.416. The van der Waals surface area contributed by atoms with E-state index in [2.05, 4.69) is 19.2 Å². The summed E-state index contributed by atoms with van der Waals surface area (Å²) in [5, 5.41) is 3.17. The summed E-state index contributed by atoms with van der Waals surface area (Å²) in [6.07, 6.45) is 7.44. The number of hydrogen-bond donors (Lipinski definition) is 2. The minimum Gasteiger partial charge on any atom is -0.465 e. The Labute approximate surface area is 112 Å². The molecule has 3 N–H and O–H groups in total. The van der Waals surface area contributed by atoms with Gasteiger partial charge in [-0.15, -0.1) is 0 Å². The SMILES string of the molecule is CCCCCOC(=O)C(CCCCC)NCCN. The van der Waals surface area contributed by atoms with E-state index in [0.29, 0.717) is 19.7 Å². The normalized spacial score (nSPS) is 12.4. The highest BCUT2D eigenvalue weighted by Crippen LogP contribution is 2.06. The van der Waals surface area contributed by atoms with Crippen LogP contribution in [0, 0.1) is 0 Å². The molecule has 4 heteroatoms. The number of unbranched alkanes of at least 4 members (excludes halogenated alkanes) is 4. The molecule has 0 amide bonds. The largest absolute Gasteiger partial charge is 0.465 e. The first-order valence-electron chi connectivity index (χ1n) is 7.36. The molecule has 108 valence electrons. The van der Waals surface area contributed by atoms with E-state index >= 15 is 0 Å². The molecule has 0 radical (unpaired) electrons. The molecule has 0 spiro atoms. The molecule has 4 nitrogen and oxygen atoms in total. The van der Waals surface area contributed by atoms with E-state index in [1.165, 1.54) is 0 Å². The second-order valence-corrected chi connectivity index (χ2v) is 4.67. The van der Waals surface area contributed by atoms with Crippen molar-refractivity contribution in [3.05, 3.63) is 0 Å². The maximum atomic E-state index is 11.9. The lowest BCUT2D eigenvalue weighted by molar-refractivity contribution is -0.146. The summed E-state index contributed by atoms with van der Waals surface area (Å²) in [6.45, 7) is 6.05. The van der Waals surface area contributed by atoms with Gasteiger partial charge in [-0.25, -0.2) is 0 Å². The Morgan fingerprint density at radius 2 is 1.83 bits per heavy atom. The highest BCUT2D eigenvalue weighted by atomic mass is 16.5. The fourth-order valence-corrected chi connectivity index (χ4v) is 1.78. The zero-order valence-corrected chi connectivity index (χ0v) is 12.0. The number of carbonyl (C=O) groups is 1. The van der Waals surface area contributed by atoms with Crippen LogP contribution in [0.25, 0.3) is 0 Å². The van der Waals surface area contributed by atoms with Crippen molar-refractivity contribution in [1.82, 2.24) is 5.32 Å². The maximum Gasteiger partial charge on any atom is 0.323 e. The zero-order chi connectivity index (χ0) is 13.6. The maximum absolute atomic E-state index is 11.9. The van der Waals surface area contributed by atoms with E-state index in [1.54, 1.807) is 0 Å². The number of rotatable bonds is 12. The Kier molecular flexibility index (Phi) is 12.4. The number of nitrogens with two attached hydrogens (primary N) is 1. The average molecular weight is 258 g/mol. The van der Waals surface area contributed by atoms with Gasteiger partial charge in [0, 0.05) is 13.1 Å². The molecule has 0 aliphatic rings. The topological polar surface area (TPSA) is 64.3 Å². The smallest absolute Gasteiger partial charge is 0.323 e. The molecule has 18 heavy (non-hydrogen) atoms. The molecule has 0 saturated carbocycles. The van der Waals surface area contributed by atoms with Gasteiger partial charge in [0.15, 0.2) is 0 Å². The minimum atomic E-state index is -0.179. The van der Waals surface area contributed by atoms with E-state index in [-0.39, 0.29) is 12.0 Å². The first-order valence-corrected chi connectivity index (χ1v) is 7.36. The van der Waals surface area contributed by atoms with Crippen molar-refractivity contribution in [2.45, 2.75) is 64.8 Å². The monoisotopic (exact) mass is 258 g/mol. The van der Waals surface area contributed by atoms with Crippen LogP contribution >= 0.6 is 0 Å². The fraction of sp³-hybridized carbons (Fsp3) is 0.929. The summed E-state index contributed by atoms with van der Waals surface area (Å²) in [4.78, 5) is 11.9. The molecule has 0 aliphatic carbocycles. The third kappa shape index (κ3) is 9.42. The van der Waals surface area contributed by atoms with Crippen molar-refractivity contribution in [1.29, 1.82) is 0 Å². The van der Waals surface area contributed by atoms with Gasteiger partial charge in [-0.3, -0.25) is 4.79 Å². The number of carbonyl (C=O) groups excluding carboxylic acids is 1. The van der Waals surface area contributed by atoms with E-state index in [1.807, 2.05) is 0 Å². The Hall–Kier alpha value is -0.610. The summed E-state index contributed by atoms with van der Waals surface area (Å²) < 4.78 is 5.29. The molecule has 0 aromatic carbocycles. The van der Waals surface area contributed by atoms with Crippen LogP contribution in [0.15, 0.2) is 0 Å². The molecule has 0 aliphatic heterocycles. The van der Waals surface area contributed by atoms with Gasteiger partial charge >= 0.3 is 5.97 Å². The Bertz CT molecular complexity index is 198. The molecule has 0 rings (SSSR count). The lowest BCUT2D eigenvalue weighted by Crippen LogP contribution is -2.40. The standard InChI is InChI=1S/C14H30N2O2/c1-3-5-7-9-13(16-11-10-15)14(17)18-12-8-6-4-2/h13,16H,3-12,15H2,1-2H3. The van der Waals surface area contributed by atoms with Crippen LogP contribution < -0.4 is 11.1 Å². The minimum absolute atomic E-state index is 0.115. The third-order valence-electron chi connectivity index (χ3n) is 2.91. The highest BCUT2D eigenvalue weighted by molar-refractivity contribution is 5.75. The van der Waals surface area contributed by atoms with Gasteiger partial charge < -0.3 is 15.8 Å². The third-order valence-corrected chi connectivity index (χ3v) is 2.91. The lowest BCUT2D eigenvalue weighted by atomic mass is 10.1. The Balaban J connectivity index is 3.89. The summed E-state index contributed by atoms with van der Waals surface area (Å²) in [5.74, 6) is -0.115. The zero-order valence-electron chi connectivity index (χ0n) is 12.0. The van der Waals surface area contributed by atoms with Gasteiger partial charge in [-0.05, 0) is 12.8 Å². The molecule has 1 unspecified atom stereocenters. The Morgan fingerprint density at radius 3 is 2.44 bits per heavy atom. The molecule has 0 aromatic heterocycles. The average Bonchev–Trinajstić information content (AvgIpc) is 2.38. The van der Waals surface area contributed by atoms with Crippen LogP contribution in [0.3, 0.4) is 0 Å². The molecule has 0 aromatic rings. The Morgan fingerprint density at radius 1 is 1.17 bits per heavy atom. The summed E-state index contributed by atoms with van der Waals surface area (Å²) in [7, 11) is 0. The van der Waals surface area contributed by atoms with Gasteiger partial charge in [0.1, 0.15) is 6.04 Å². The number of ether oxygens (including phenoxy) is 1. The second-order valence-electron chi connectivity index (χ2n) is 4.67. The molecule has 0 bridgehead atoms. The van der Waals surface area contributed by atoms with Crippen LogP contribution in [0.4, 0.5) is 0 Å². The van der Waals surface area contributed by atoms with Crippen LogP contribution in [-0.4, -0.2) is 31.7 Å². The van der Waals surface area contributed by atoms with Crippen LogP contribution in [0.1, 0.15) is 58.8 Å². The first-order chi connectivity index (χ1) is 8.76. The molecule has 0 fully saturated rings. The molecular formula is C14H30N2O2. The van der Waals surface area contributed by atoms with Crippen molar-refractivity contribution >= 4 is 5.97 Å². The summed E-state index contributed by atoms with van der Waals surface area (Å²) >= 11 is 0. The van der Waals surface area contributed by atoms with Gasteiger partial charge in [0.05, 0.1) is 6.61 Å². The van der Waals surface area contributed by atoms with Gasteiger partial charge in [-0.1, -0.05) is 46.0 Å². The number of nitrogens with one attached hydrogen (secondary N) is 1. The van der Waals surface area contributed by atoms with E-state index in [0.717, 1.165) is 44.9 Å². The lowest BCUT2D eigenvalue weighted by Gasteiger charge is -2.17. The molecule has 1 atom stereocenters. The van der Waals surface area contributed by atoms with Crippen molar-refractivity contribution in [2.75, 3.05) is 19.7 Å². The van der Waals surface area contributed by atoms with Crippen LogP contribution in [0.2, 0.25) is 0 Å². The summed E-state index contributed by atoms with van der Waals surface area (Å²) in [5.41, 5.74) is 5.46. The van der Waals surface area contributed by atoms with E-state index < -0.39 is 0 Å². The fourth-order valence-electron chi connectivity index (χ4n) is 1.78. The first kappa shape index (κ1) is 17.4. The number of esters is 1. The molecule has 0 heterocycles. The van der Waals surface area contributed by atoms with Gasteiger partial charge in [0.2, 0.25) is 0 Å². The van der Waals surface area contributed by atoms with Crippen molar-refractivity contribution < 1.29 is 9.53 Å². The summed E-state index contributed by atoms with van der Waals surface area (Å²) in [6, 6.07) is -0.179. The predicted molar refractivity (Wildman–Crippen MR) is 75.5 cm³/mol. The predicted octanol–water partition coefficient (Wildman–Crippen LogP) is 2.22.